The molecule has 0 aliphatic carbocycles. The summed E-state index contributed by atoms with van der Waals surface area (Å²) < 4.78 is 81.2. The summed E-state index contributed by atoms with van der Waals surface area (Å²) in [6.07, 6.45) is -11.0. The lowest BCUT2D eigenvalue weighted by Crippen LogP contribution is -2.14. The summed E-state index contributed by atoms with van der Waals surface area (Å²) >= 11 is 3.10. The van der Waals surface area contributed by atoms with E-state index in [1.54, 1.807) is 0 Å². The Morgan fingerprint density at radius 1 is 1.08 bits per heavy atom. The van der Waals surface area contributed by atoms with Crippen molar-refractivity contribution >= 4 is 26.8 Å². The molecule has 0 saturated carbocycles. The van der Waals surface area contributed by atoms with Gasteiger partial charge in [0.1, 0.15) is 5.75 Å². The first-order chi connectivity index (χ1) is 11.0. The van der Waals surface area contributed by atoms with Crippen molar-refractivity contribution < 1.29 is 31.1 Å². The predicted molar refractivity (Wildman–Crippen MR) is 77.8 cm³/mol. The standard InChI is InChI=1S/C14H11BrF6N2O/c1-24-9-5-4-7(15)11-10(9)8(3-2-6-13(16,17)18)22-12(23-11)14(19,20)21/h4-5H,2-3,6H2,1H3. The van der Waals surface area contributed by atoms with E-state index in [0.29, 0.717) is 0 Å². The van der Waals surface area contributed by atoms with Gasteiger partial charge in [-0.2, -0.15) is 26.3 Å². The van der Waals surface area contributed by atoms with Gasteiger partial charge in [0.05, 0.1) is 23.7 Å². The van der Waals surface area contributed by atoms with Gasteiger partial charge >= 0.3 is 12.4 Å². The molecule has 0 saturated heterocycles. The maximum atomic E-state index is 13.0. The molecule has 0 radical (unpaired) electrons. The molecule has 0 fully saturated rings. The summed E-state index contributed by atoms with van der Waals surface area (Å²) in [6, 6.07) is 2.93. The molecule has 0 amide bonds. The molecule has 1 heterocycles. The van der Waals surface area contributed by atoms with Crippen LogP contribution in [-0.4, -0.2) is 23.3 Å². The highest BCUT2D eigenvalue weighted by Crippen LogP contribution is 2.36. The Bertz CT molecular complexity index is 745. The summed E-state index contributed by atoms with van der Waals surface area (Å²) in [5, 5.41) is 0.169. The number of fused-ring (bicyclic) bond motifs is 1. The van der Waals surface area contributed by atoms with E-state index >= 15 is 0 Å². The number of aromatic nitrogens is 2. The molecule has 0 N–H and O–H groups in total. The van der Waals surface area contributed by atoms with Gasteiger partial charge in [0, 0.05) is 10.9 Å². The highest BCUT2D eigenvalue weighted by atomic mass is 79.9. The van der Waals surface area contributed by atoms with Crippen molar-refractivity contribution in [2.75, 3.05) is 7.11 Å². The number of alkyl halides is 6. The third-order valence-corrected chi connectivity index (χ3v) is 3.82. The van der Waals surface area contributed by atoms with E-state index in [4.69, 9.17) is 4.74 Å². The zero-order valence-corrected chi connectivity index (χ0v) is 13.8. The summed E-state index contributed by atoms with van der Waals surface area (Å²) in [5.41, 5.74) is -0.187. The number of methoxy groups -OCH3 is 1. The molecule has 2 rings (SSSR count). The fourth-order valence-corrected chi connectivity index (χ4v) is 2.60. The van der Waals surface area contributed by atoms with Gasteiger partial charge in [0.15, 0.2) is 0 Å². The number of benzene rings is 1. The molecule has 24 heavy (non-hydrogen) atoms. The van der Waals surface area contributed by atoms with Crippen molar-refractivity contribution in [3.8, 4) is 5.75 Å². The largest absolute Gasteiger partial charge is 0.496 e. The fourth-order valence-electron chi connectivity index (χ4n) is 2.18. The minimum absolute atomic E-state index is 0.0568. The molecule has 0 bridgehead atoms. The van der Waals surface area contributed by atoms with Crippen LogP contribution in [0.4, 0.5) is 26.3 Å². The van der Waals surface area contributed by atoms with Crippen LogP contribution in [0.5, 0.6) is 5.75 Å². The van der Waals surface area contributed by atoms with Crippen molar-refractivity contribution in [3.05, 3.63) is 28.1 Å². The Kier molecular flexibility index (Phi) is 5.26. The SMILES string of the molecule is COc1ccc(Br)c2nc(C(F)(F)F)nc(CCCC(F)(F)F)c12. The highest BCUT2D eigenvalue weighted by Gasteiger charge is 2.36. The Hall–Kier alpha value is -1.58. The number of ether oxygens (including phenoxy) is 1. The maximum Gasteiger partial charge on any atom is 0.451 e. The number of nitrogens with zero attached hydrogens (tertiary/aromatic N) is 2. The van der Waals surface area contributed by atoms with Crippen LogP contribution < -0.4 is 4.74 Å². The van der Waals surface area contributed by atoms with Crippen molar-refractivity contribution in [3.63, 3.8) is 0 Å². The average molecular weight is 417 g/mol. The Labute approximate surface area is 141 Å². The third kappa shape index (κ3) is 4.28. The monoisotopic (exact) mass is 416 g/mol. The molecule has 1 aromatic carbocycles. The topological polar surface area (TPSA) is 35.0 Å². The van der Waals surface area contributed by atoms with Gasteiger partial charge < -0.3 is 4.74 Å². The predicted octanol–water partition coefficient (Wildman–Crippen LogP) is 5.30. The molecule has 0 aliphatic rings. The number of halogens is 7. The first-order valence-electron chi connectivity index (χ1n) is 6.70. The fraction of sp³-hybridized carbons (Fsp3) is 0.429. The molecular formula is C14H11BrF6N2O. The molecule has 0 atom stereocenters. The number of hydrogen-bond donors (Lipinski definition) is 0. The van der Waals surface area contributed by atoms with E-state index in [-0.39, 0.29) is 39.7 Å². The van der Waals surface area contributed by atoms with Gasteiger partial charge in [-0.05, 0) is 40.9 Å². The van der Waals surface area contributed by atoms with E-state index in [9.17, 15) is 26.3 Å². The lowest BCUT2D eigenvalue weighted by atomic mass is 10.1. The molecule has 2 aromatic rings. The van der Waals surface area contributed by atoms with Crippen LogP contribution in [0.3, 0.4) is 0 Å². The van der Waals surface area contributed by atoms with Crippen LogP contribution in [0.15, 0.2) is 16.6 Å². The van der Waals surface area contributed by atoms with Crippen LogP contribution >= 0.6 is 15.9 Å². The third-order valence-electron chi connectivity index (χ3n) is 3.18. The van der Waals surface area contributed by atoms with Crippen LogP contribution in [0.25, 0.3) is 10.9 Å². The number of hydrogen-bond acceptors (Lipinski definition) is 3. The normalized spacial score (nSPS) is 12.7. The molecule has 0 spiro atoms. The van der Waals surface area contributed by atoms with Gasteiger partial charge in [-0.1, -0.05) is 0 Å². The highest BCUT2D eigenvalue weighted by molar-refractivity contribution is 9.10. The number of aryl methyl sites for hydroxylation is 1. The van der Waals surface area contributed by atoms with Crippen molar-refractivity contribution in [2.24, 2.45) is 0 Å². The van der Waals surface area contributed by atoms with Crippen LogP contribution in [-0.2, 0) is 12.6 Å². The van der Waals surface area contributed by atoms with Crippen molar-refractivity contribution in [1.29, 1.82) is 0 Å². The molecule has 132 valence electrons. The Balaban J connectivity index is 2.58. The maximum absolute atomic E-state index is 13.0. The molecule has 10 heteroatoms. The Morgan fingerprint density at radius 2 is 1.75 bits per heavy atom. The minimum Gasteiger partial charge on any atom is -0.496 e. The summed E-state index contributed by atoms with van der Waals surface area (Å²) in [6.45, 7) is 0. The zero-order chi connectivity index (χ0) is 18.1. The average Bonchev–Trinajstić information content (AvgIpc) is 2.45. The first kappa shape index (κ1) is 18.8. The summed E-state index contributed by atoms with van der Waals surface area (Å²) in [5.74, 6) is -1.20. The smallest absolute Gasteiger partial charge is 0.451 e. The van der Waals surface area contributed by atoms with Crippen LogP contribution in [0.1, 0.15) is 24.4 Å². The Morgan fingerprint density at radius 3 is 2.29 bits per heavy atom. The van der Waals surface area contributed by atoms with Crippen molar-refractivity contribution in [1.82, 2.24) is 9.97 Å². The molecule has 0 aliphatic heterocycles. The lowest BCUT2D eigenvalue weighted by Gasteiger charge is -2.14. The van der Waals surface area contributed by atoms with Crippen LogP contribution in [0, 0.1) is 0 Å². The van der Waals surface area contributed by atoms with Gasteiger partial charge in [-0.3, -0.25) is 0 Å². The summed E-state index contributed by atoms with van der Waals surface area (Å²) in [7, 11) is 1.31. The lowest BCUT2D eigenvalue weighted by molar-refractivity contribution is -0.145. The van der Waals surface area contributed by atoms with Gasteiger partial charge in [0.25, 0.3) is 0 Å². The second kappa shape index (κ2) is 6.73. The first-order valence-corrected chi connectivity index (χ1v) is 7.49. The number of rotatable bonds is 4. The van der Waals surface area contributed by atoms with E-state index in [2.05, 4.69) is 25.9 Å². The molecule has 0 unspecified atom stereocenters. The zero-order valence-electron chi connectivity index (χ0n) is 12.2. The minimum atomic E-state index is -4.81. The van der Waals surface area contributed by atoms with Crippen LogP contribution in [0.2, 0.25) is 0 Å². The van der Waals surface area contributed by atoms with E-state index in [1.807, 2.05) is 0 Å². The summed E-state index contributed by atoms with van der Waals surface area (Å²) in [4.78, 5) is 6.92. The molecular weight excluding hydrogens is 406 g/mol. The molecule has 3 nitrogen and oxygen atoms in total. The van der Waals surface area contributed by atoms with E-state index in [1.165, 1.54) is 19.2 Å². The van der Waals surface area contributed by atoms with E-state index in [0.717, 1.165) is 0 Å². The van der Waals surface area contributed by atoms with E-state index < -0.39 is 24.6 Å². The second-order valence-corrected chi connectivity index (χ2v) is 5.79. The van der Waals surface area contributed by atoms with Crippen molar-refractivity contribution in [2.45, 2.75) is 31.6 Å². The second-order valence-electron chi connectivity index (χ2n) is 4.93. The van der Waals surface area contributed by atoms with Gasteiger partial charge in [0.2, 0.25) is 5.82 Å². The quantitative estimate of drug-likeness (QED) is 0.633. The van der Waals surface area contributed by atoms with Gasteiger partial charge in [-0.25, -0.2) is 9.97 Å². The van der Waals surface area contributed by atoms with Gasteiger partial charge in [-0.15, -0.1) is 0 Å². The molecule has 1 aromatic heterocycles.